The lowest BCUT2D eigenvalue weighted by Crippen LogP contribution is -2.27. The van der Waals surface area contributed by atoms with E-state index in [9.17, 15) is 13.2 Å². The van der Waals surface area contributed by atoms with Crippen LogP contribution in [0.1, 0.15) is 0 Å². The number of ether oxygens (including phenoxy) is 1. The molecule has 5 nitrogen and oxygen atoms in total. The summed E-state index contributed by atoms with van der Waals surface area (Å²) in [6, 6.07) is 2.44. The third kappa shape index (κ3) is 4.14. The number of hydrogen-bond donors (Lipinski definition) is 0. The van der Waals surface area contributed by atoms with Crippen LogP contribution in [0.2, 0.25) is 10.0 Å². The third-order valence-corrected chi connectivity index (χ3v) is 4.46. The summed E-state index contributed by atoms with van der Waals surface area (Å²) in [7, 11) is 4.34. The van der Waals surface area contributed by atoms with Crippen LogP contribution in [-0.4, -0.2) is 39.9 Å². The molecule has 0 bridgehead atoms. The molecule has 0 heterocycles. The average Bonchev–Trinajstić information content (AvgIpc) is 2.28. The van der Waals surface area contributed by atoms with Crippen molar-refractivity contribution in [3.05, 3.63) is 22.2 Å². The van der Waals surface area contributed by atoms with Gasteiger partial charge in [-0.05, 0) is 12.1 Å². The van der Waals surface area contributed by atoms with Crippen LogP contribution in [0.25, 0.3) is 0 Å². The molecular formula is C10H10Cl3NO4S. The van der Waals surface area contributed by atoms with Crippen molar-refractivity contribution < 1.29 is 17.9 Å². The number of benzene rings is 1. The highest BCUT2D eigenvalue weighted by Gasteiger charge is 2.20. The zero-order valence-electron chi connectivity index (χ0n) is 9.98. The van der Waals surface area contributed by atoms with E-state index in [4.69, 9.17) is 38.6 Å². The predicted octanol–water partition coefficient (Wildman–Crippen LogP) is 2.39. The number of carbonyl (C=O) groups excluding carboxylic acids is 1. The van der Waals surface area contributed by atoms with Crippen molar-refractivity contribution in [3.63, 3.8) is 0 Å². The summed E-state index contributed by atoms with van der Waals surface area (Å²) in [6.07, 6.45) is 0. The predicted molar refractivity (Wildman–Crippen MR) is 73.7 cm³/mol. The molecule has 0 saturated heterocycles. The normalized spacial score (nSPS) is 11.2. The lowest BCUT2D eigenvalue weighted by atomic mass is 10.3. The fourth-order valence-electron chi connectivity index (χ4n) is 1.08. The topological polar surface area (TPSA) is 63.7 Å². The van der Waals surface area contributed by atoms with Crippen LogP contribution in [0, 0.1) is 0 Å². The Morgan fingerprint density at radius 2 is 1.84 bits per heavy atom. The zero-order valence-corrected chi connectivity index (χ0v) is 13.1. The number of halogens is 3. The van der Waals surface area contributed by atoms with Crippen LogP contribution in [0.5, 0.6) is 5.75 Å². The first kappa shape index (κ1) is 16.4. The van der Waals surface area contributed by atoms with Gasteiger partial charge < -0.3 is 9.64 Å². The Labute approximate surface area is 125 Å². The van der Waals surface area contributed by atoms with Gasteiger partial charge in [-0.15, -0.1) is 0 Å². The first-order valence-corrected chi connectivity index (χ1v) is 7.96. The maximum absolute atomic E-state index is 11.3. The molecule has 0 unspecified atom stereocenters. The Morgan fingerprint density at radius 1 is 1.26 bits per heavy atom. The van der Waals surface area contributed by atoms with Gasteiger partial charge in [0.25, 0.3) is 15.0 Å². The van der Waals surface area contributed by atoms with Gasteiger partial charge in [-0.25, -0.2) is 8.42 Å². The molecule has 0 spiro atoms. The smallest absolute Gasteiger partial charge is 0.262 e. The largest absolute Gasteiger partial charge is 0.482 e. The molecule has 0 radical (unpaired) electrons. The van der Waals surface area contributed by atoms with Crippen molar-refractivity contribution >= 4 is 48.8 Å². The Kier molecular flexibility index (Phi) is 5.32. The summed E-state index contributed by atoms with van der Waals surface area (Å²) in [5.41, 5.74) is 0. The molecule has 1 rings (SSSR count). The zero-order chi connectivity index (χ0) is 14.8. The second-order valence-electron chi connectivity index (χ2n) is 3.70. The molecule has 0 fully saturated rings. The van der Waals surface area contributed by atoms with Crippen LogP contribution in [-0.2, 0) is 13.8 Å². The van der Waals surface area contributed by atoms with Crippen LogP contribution in [0.4, 0.5) is 0 Å². The summed E-state index contributed by atoms with van der Waals surface area (Å²) >= 11 is 11.7. The Balaban J connectivity index is 3.01. The number of carbonyl (C=O) groups is 1. The molecule has 0 aromatic heterocycles. The summed E-state index contributed by atoms with van der Waals surface area (Å²) in [6.45, 7) is -0.240. The fourth-order valence-corrected chi connectivity index (χ4v) is 2.87. The molecule has 1 amide bonds. The van der Waals surface area contributed by atoms with E-state index in [1.54, 1.807) is 14.1 Å². The van der Waals surface area contributed by atoms with Crippen molar-refractivity contribution in [2.24, 2.45) is 0 Å². The average molecular weight is 347 g/mol. The first-order chi connectivity index (χ1) is 8.64. The van der Waals surface area contributed by atoms with Crippen LogP contribution >= 0.6 is 33.9 Å². The summed E-state index contributed by atoms with van der Waals surface area (Å²) in [5.74, 6) is -0.174. The van der Waals surface area contributed by atoms with Crippen molar-refractivity contribution in [2.75, 3.05) is 20.7 Å². The van der Waals surface area contributed by atoms with E-state index in [1.807, 2.05) is 0 Å². The SMILES string of the molecule is CN(C)C(=O)COc1ccc(S(=O)(=O)Cl)c(Cl)c1Cl. The number of hydrogen-bond acceptors (Lipinski definition) is 4. The number of likely N-dealkylation sites (N-methyl/N-ethyl adjacent to an activating group) is 1. The molecule has 0 atom stereocenters. The van der Waals surface area contributed by atoms with Gasteiger partial charge in [0.15, 0.2) is 6.61 Å². The molecular weight excluding hydrogens is 337 g/mol. The van der Waals surface area contributed by atoms with Crippen LogP contribution < -0.4 is 4.74 Å². The number of rotatable bonds is 4. The van der Waals surface area contributed by atoms with E-state index in [0.717, 1.165) is 6.07 Å². The van der Waals surface area contributed by atoms with E-state index < -0.39 is 9.05 Å². The quantitative estimate of drug-likeness (QED) is 0.785. The maximum Gasteiger partial charge on any atom is 0.262 e. The minimum atomic E-state index is -3.99. The first-order valence-electron chi connectivity index (χ1n) is 4.90. The van der Waals surface area contributed by atoms with Gasteiger partial charge in [0.1, 0.15) is 15.7 Å². The monoisotopic (exact) mass is 345 g/mol. The molecule has 0 aliphatic rings. The van der Waals surface area contributed by atoms with E-state index >= 15 is 0 Å². The van der Waals surface area contributed by atoms with Crippen LogP contribution in [0.3, 0.4) is 0 Å². The fraction of sp³-hybridized carbons (Fsp3) is 0.300. The van der Waals surface area contributed by atoms with Gasteiger partial charge in [0.05, 0.1) is 5.02 Å². The molecule has 106 valence electrons. The van der Waals surface area contributed by atoms with E-state index in [0.29, 0.717) is 0 Å². The lowest BCUT2D eigenvalue weighted by Gasteiger charge is -2.13. The molecule has 0 aliphatic heterocycles. The molecule has 0 aliphatic carbocycles. The summed E-state index contributed by atoms with van der Waals surface area (Å²) in [5, 5.41) is -0.360. The van der Waals surface area contributed by atoms with Gasteiger partial charge in [-0.3, -0.25) is 4.79 Å². The molecule has 9 heteroatoms. The summed E-state index contributed by atoms with van der Waals surface area (Å²) < 4.78 is 27.5. The van der Waals surface area contributed by atoms with Gasteiger partial charge >= 0.3 is 0 Å². The highest BCUT2D eigenvalue weighted by molar-refractivity contribution is 8.13. The van der Waals surface area contributed by atoms with Gasteiger partial charge in [-0.1, -0.05) is 23.2 Å². The minimum absolute atomic E-state index is 0.103. The second-order valence-corrected chi connectivity index (χ2v) is 6.99. The highest BCUT2D eigenvalue weighted by atomic mass is 35.7. The van der Waals surface area contributed by atoms with Gasteiger partial charge in [0.2, 0.25) is 0 Å². The third-order valence-electron chi connectivity index (χ3n) is 2.12. The maximum atomic E-state index is 11.3. The van der Waals surface area contributed by atoms with Crippen LogP contribution in [0.15, 0.2) is 17.0 Å². The number of amides is 1. The molecule has 0 N–H and O–H groups in total. The molecule has 1 aromatic carbocycles. The number of nitrogens with zero attached hydrogens (tertiary/aromatic N) is 1. The van der Waals surface area contributed by atoms with Gasteiger partial charge in [-0.2, -0.15) is 0 Å². The van der Waals surface area contributed by atoms with Crippen molar-refractivity contribution in [1.82, 2.24) is 4.90 Å². The Hall–Kier alpha value is -0.690. The highest BCUT2D eigenvalue weighted by Crippen LogP contribution is 2.37. The van der Waals surface area contributed by atoms with Gasteiger partial charge in [0, 0.05) is 24.8 Å². The van der Waals surface area contributed by atoms with Crippen molar-refractivity contribution in [3.8, 4) is 5.75 Å². The van der Waals surface area contributed by atoms with E-state index in [-0.39, 0.29) is 33.2 Å². The Bertz CT molecular complexity index is 601. The van der Waals surface area contributed by atoms with Crippen molar-refractivity contribution in [1.29, 1.82) is 0 Å². The molecule has 19 heavy (non-hydrogen) atoms. The minimum Gasteiger partial charge on any atom is -0.482 e. The van der Waals surface area contributed by atoms with Crippen molar-refractivity contribution in [2.45, 2.75) is 4.90 Å². The Morgan fingerprint density at radius 3 is 2.32 bits per heavy atom. The standard InChI is InChI=1S/C10H10Cl3NO4S/c1-14(2)8(15)5-18-6-3-4-7(19(13,16)17)10(12)9(6)11/h3-4H,5H2,1-2H3. The van der Waals surface area contributed by atoms with E-state index in [1.165, 1.54) is 11.0 Å². The summed E-state index contributed by atoms with van der Waals surface area (Å²) in [4.78, 5) is 12.4. The second kappa shape index (κ2) is 6.17. The lowest BCUT2D eigenvalue weighted by molar-refractivity contribution is -0.130. The molecule has 1 aromatic rings. The molecule has 0 saturated carbocycles. The van der Waals surface area contributed by atoms with E-state index in [2.05, 4.69) is 0 Å².